The second-order valence-electron chi connectivity index (χ2n) is 2.36. The molecule has 4 heteroatoms. The Kier molecular flexibility index (Phi) is 3.02. The lowest BCUT2D eigenvalue weighted by molar-refractivity contribution is 0.112. The fraction of sp³-hybridized carbons (Fsp3) is 0.125. The zero-order valence-electron chi connectivity index (χ0n) is 6.40. The van der Waals surface area contributed by atoms with E-state index in [2.05, 4.69) is 0 Å². The van der Waals surface area contributed by atoms with Gasteiger partial charge in [-0.2, -0.15) is 0 Å². The summed E-state index contributed by atoms with van der Waals surface area (Å²) in [7, 11) is 0.903. The van der Waals surface area contributed by atoms with Gasteiger partial charge in [0.15, 0.2) is 0 Å². The average Bonchev–Trinajstić information content (AvgIpc) is 2.16. The molecule has 0 bridgehead atoms. The molecule has 3 nitrogen and oxygen atoms in total. The van der Waals surface area contributed by atoms with Gasteiger partial charge in [-0.15, -0.1) is 0 Å². The fourth-order valence-electron chi connectivity index (χ4n) is 0.962. The molecule has 0 fully saturated rings. The van der Waals surface area contributed by atoms with Gasteiger partial charge in [-0.3, -0.25) is 4.79 Å². The molecule has 0 saturated heterocycles. The summed E-state index contributed by atoms with van der Waals surface area (Å²) in [6.45, 7) is -0.186. The number of aliphatic hydroxyl groups excluding tert-OH is 1. The van der Waals surface area contributed by atoms with Gasteiger partial charge < -0.3 is 10.1 Å². The Balaban J connectivity index is 3.10. The third kappa shape index (κ3) is 1.72. The largest absolute Gasteiger partial charge is 0.450 e. The van der Waals surface area contributed by atoms with Crippen molar-refractivity contribution < 1.29 is 14.9 Å². The highest BCUT2D eigenvalue weighted by Crippen LogP contribution is 1.99. The van der Waals surface area contributed by atoms with Crippen LogP contribution in [-0.2, 0) is 6.61 Å². The topological polar surface area (TPSA) is 57.5 Å². The first kappa shape index (κ1) is 8.97. The van der Waals surface area contributed by atoms with E-state index < -0.39 is 0 Å². The standard InChI is InChI=1S/C8H8BO3/c10-4-6-1-2-8(9-12)7(3-6)5-11/h1-4,11-12H,5H2. The number of hydrogen-bond donors (Lipinski definition) is 2. The molecule has 0 atom stereocenters. The lowest BCUT2D eigenvalue weighted by Gasteiger charge is -2.02. The number of rotatable bonds is 3. The van der Waals surface area contributed by atoms with Crippen molar-refractivity contribution in [1.82, 2.24) is 0 Å². The van der Waals surface area contributed by atoms with E-state index in [1.54, 1.807) is 12.1 Å². The van der Waals surface area contributed by atoms with E-state index in [0.29, 0.717) is 22.9 Å². The average molecular weight is 163 g/mol. The Hall–Kier alpha value is -1.13. The molecule has 0 saturated carbocycles. The van der Waals surface area contributed by atoms with Gasteiger partial charge in [0.05, 0.1) is 6.61 Å². The second kappa shape index (κ2) is 4.04. The van der Waals surface area contributed by atoms with Gasteiger partial charge in [0.1, 0.15) is 6.29 Å². The molecule has 1 aromatic carbocycles. The van der Waals surface area contributed by atoms with Crippen LogP contribution in [0.1, 0.15) is 15.9 Å². The molecule has 1 rings (SSSR count). The summed E-state index contributed by atoms with van der Waals surface area (Å²) in [6.07, 6.45) is 0.695. The third-order valence-corrected chi connectivity index (χ3v) is 1.61. The molecule has 0 heterocycles. The smallest absolute Gasteiger partial charge is 0.327 e. The van der Waals surface area contributed by atoms with Crippen molar-refractivity contribution in [1.29, 1.82) is 0 Å². The van der Waals surface area contributed by atoms with Crippen LogP contribution >= 0.6 is 0 Å². The quantitative estimate of drug-likeness (QED) is 0.454. The van der Waals surface area contributed by atoms with Crippen molar-refractivity contribution in [3.63, 3.8) is 0 Å². The first-order chi connectivity index (χ1) is 5.81. The van der Waals surface area contributed by atoms with Crippen LogP contribution < -0.4 is 5.46 Å². The van der Waals surface area contributed by atoms with Crippen LogP contribution in [-0.4, -0.2) is 23.9 Å². The summed E-state index contributed by atoms with van der Waals surface area (Å²) in [5.74, 6) is 0. The van der Waals surface area contributed by atoms with Crippen molar-refractivity contribution in [2.45, 2.75) is 6.61 Å². The van der Waals surface area contributed by atoms with Crippen LogP contribution in [0.2, 0.25) is 0 Å². The molecule has 0 aliphatic carbocycles. The van der Waals surface area contributed by atoms with Crippen molar-refractivity contribution in [3.05, 3.63) is 29.3 Å². The molecule has 2 N–H and O–H groups in total. The molecule has 0 unspecified atom stereocenters. The number of carbonyl (C=O) groups is 1. The number of aliphatic hydroxyl groups is 1. The minimum atomic E-state index is -0.186. The Morgan fingerprint density at radius 2 is 2.25 bits per heavy atom. The van der Waals surface area contributed by atoms with Crippen LogP contribution in [0.4, 0.5) is 0 Å². The normalized spacial score (nSPS) is 9.50. The zero-order chi connectivity index (χ0) is 8.97. The number of carbonyl (C=O) groups excluding carboxylic acids is 1. The molecule has 0 spiro atoms. The molecule has 0 aliphatic rings. The van der Waals surface area contributed by atoms with Gasteiger partial charge in [0.25, 0.3) is 0 Å². The van der Waals surface area contributed by atoms with E-state index in [0.717, 1.165) is 7.48 Å². The maximum absolute atomic E-state index is 10.3. The van der Waals surface area contributed by atoms with Crippen LogP contribution in [0.25, 0.3) is 0 Å². The van der Waals surface area contributed by atoms with Crippen LogP contribution in [0.5, 0.6) is 0 Å². The van der Waals surface area contributed by atoms with Gasteiger partial charge >= 0.3 is 7.48 Å². The third-order valence-electron chi connectivity index (χ3n) is 1.61. The SMILES string of the molecule is O=Cc1ccc([B]O)c(CO)c1. The van der Waals surface area contributed by atoms with E-state index in [4.69, 9.17) is 10.1 Å². The Labute approximate surface area is 70.9 Å². The first-order valence-corrected chi connectivity index (χ1v) is 3.48. The number of aldehydes is 1. The molecule has 0 aromatic heterocycles. The minimum Gasteiger partial charge on any atom is -0.450 e. The van der Waals surface area contributed by atoms with E-state index >= 15 is 0 Å². The van der Waals surface area contributed by atoms with E-state index in [-0.39, 0.29) is 6.61 Å². The van der Waals surface area contributed by atoms with Crippen molar-refractivity contribution >= 4 is 19.2 Å². The van der Waals surface area contributed by atoms with Crippen molar-refractivity contribution in [2.75, 3.05) is 0 Å². The summed E-state index contributed by atoms with van der Waals surface area (Å²) in [6, 6.07) is 4.69. The molecule has 12 heavy (non-hydrogen) atoms. The summed E-state index contributed by atoms with van der Waals surface area (Å²) < 4.78 is 0. The Morgan fingerprint density at radius 3 is 2.75 bits per heavy atom. The Bertz CT molecular complexity index is 286. The maximum Gasteiger partial charge on any atom is 0.327 e. The molecular formula is C8H8BO3. The van der Waals surface area contributed by atoms with Gasteiger partial charge in [-0.1, -0.05) is 12.1 Å². The van der Waals surface area contributed by atoms with Gasteiger partial charge in [0.2, 0.25) is 0 Å². The molecule has 1 radical (unpaired) electrons. The monoisotopic (exact) mass is 163 g/mol. The summed E-state index contributed by atoms with van der Waals surface area (Å²) in [4.78, 5) is 10.3. The molecule has 1 aromatic rings. The lowest BCUT2D eigenvalue weighted by Crippen LogP contribution is -2.19. The van der Waals surface area contributed by atoms with E-state index in [9.17, 15) is 4.79 Å². The summed E-state index contributed by atoms with van der Waals surface area (Å²) in [5, 5.41) is 17.5. The highest BCUT2D eigenvalue weighted by Gasteiger charge is 2.02. The molecule has 0 amide bonds. The van der Waals surface area contributed by atoms with Crippen molar-refractivity contribution in [3.8, 4) is 0 Å². The minimum absolute atomic E-state index is 0.186. The highest BCUT2D eigenvalue weighted by molar-refractivity contribution is 6.46. The predicted molar refractivity (Wildman–Crippen MR) is 45.4 cm³/mol. The zero-order valence-corrected chi connectivity index (χ0v) is 6.40. The van der Waals surface area contributed by atoms with Crippen LogP contribution in [0, 0.1) is 0 Å². The van der Waals surface area contributed by atoms with E-state index in [1.807, 2.05) is 0 Å². The molecular weight excluding hydrogens is 155 g/mol. The lowest BCUT2D eigenvalue weighted by atomic mass is 9.84. The molecule has 0 aliphatic heterocycles. The number of benzene rings is 1. The first-order valence-electron chi connectivity index (χ1n) is 3.48. The van der Waals surface area contributed by atoms with Crippen LogP contribution in [0.15, 0.2) is 18.2 Å². The van der Waals surface area contributed by atoms with Crippen LogP contribution in [0.3, 0.4) is 0 Å². The van der Waals surface area contributed by atoms with Crippen molar-refractivity contribution in [2.24, 2.45) is 0 Å². The fourth-order valence-corrected chi connectivity index (χ4v) is 0.962. The summed E-state index contributed by atoms with van der Waals surface area (Å²) in [5.41, 5.74) is 1.56. The maximum atomic E-state index is 10.3. The highest BCUT2D eigenvalue weighted by atomic mass is 16.3. The van der Waals surface area contributed by atoms with E-state index in [1.165, 1.54) is 6.07 Å². The Morgan fingerprint density at radius 1 is 1.50 bits per heavy atom. The van der Waals surface area contributed by atoms with Gasteiger partial charge in [-0.05, 0) is 17.1 Å². The van der Waals surface area contributed by atoms with Gasteiger partial charge in [0, 0.05) is 5.56 Å². The van der Waals surface area contributed by atoms with Gasteiger partial charge in [-0.25, -0.2) is 0 Å². The molecule has 61 valence electrons. The second-order valence-corrected chi connectivity index (χ2v) is 2.36. The number of hydrogen-bond acceptors (Lipinski definition) is 3. The summed E-state index contributed by atoms with van der Waals surface area (Å²) >= 11 is 0. The predicted octanol–water partition coefficient (Wildman–Crippen LogP) is -0.772.